The molecule has 1 atom stereocenters. The van der Waals surface area contributed by atoms with Crippen LogP contribution < -0.4 is 4.74 Å². The van der Waals surface area contributed by atoms with Crippen molar-refractivity contribution in [3.05, 3.63) is 29.8 Å². The number of methoxy groups -OCH3 is 1. The molecule has 3 heteroatoms. The second-order valence-electron chi connectivity index (χ2n) is 3.03. The smallest absolute Gasteiger partial charge is 0.124 e. The van der Waals surface area contributed by atoms with E-state index in [0.717, 1.165) is 24.3 Å². The number of para-hydroxylation sites is 1. The summed E-state index contributed by atoms with van der Waals surface area (Å²) >= 11 is 0. The third-order valence-electron chi connectivity index (χ3n) is 2.22. The van der Waals surface area contributed by atoms with Gasteiger partial charge in [-0.25, -0.2) is 0 Å². The normalized spacial score (nSPS) is 20.5. The van der Waals surface area contributed by atoms with Crippen molar-refractivity contribution in [3.63, 3.8) is 0 Å². The topological polar surface area (TPSA) is 34.0 Å². The van der Waals surface area contributed by atoms with Gasteiger partial charge in [-0.05, 0) is 12.5 Å². The molecule has 1 unspecified atom stereocenters. The Hall–Kier alpha value is -1.38. The van der Waals surface area contributed by atoms with E-state index in [4.69, 9.17) is 4.74 Å². The lowest BCUT2D eigenvalue weighted by atomic mass is 10.0. The molecule has 0 fully saturated rings. The average molecular weight is 176 g/mol. The van der Waals surface area contributed by atoms with Gasteiger partial charge in [-0.1, -0.05) is 18.2 Å². The highest BCUT2D eigenvalue weighted by Crippen LogP contribution is 2.32. The number of hydrogen-bond donors (Lipinski definition) is 0. The van der Waals surface area contributed by atoms with Crippen LogP contribution in [0.4, 0.5) is 0 Å². The zero-order chi connectivity index (χ0) is 9.10. The Morgan fingerprint density at radius 2 is 2.23 bits per heavy atom. The first-order valence-electron chi connectivity index (χ1n) is 4.41. The van der Waals surface area contributed by atoms with Crippen molar-refractivity contribution < 1.29 is 4.74 Å². The molecule has 1 aromatic carbocycles. The molecule has 0 N–H and O–H groups in total. The first-order valence-corrected chi connectivity index (χ1v) is 4.41. The van der Waals surface area contributed by atoms with Crippen LogP contribution in [0.1, 0.15) is 18.0 Å². The molecule has 0 aromatic heterocycles. The molecule has 1 aliphatic rings. The maximum Gasteiger partial charge on any atom is 0.124 e. The molecule has 1 aromatic rings. The molecule has 0 spiro atoms. The second kappa shape index (κ2) is 3.56. The monoisotopic (exact) mass is 176 g/mol. The van der Waals surface area contributed by atoms with Crippen molar-refractivity contribution in [1.29, 1.82) is 0 Å². The zero-order valence-corrected chi connectivity index (χ0v) is 7.60. The highest BCUT2D eigenvalue weighted by Gasteiger charge is 2.17. The van der Waals surface area contributed by atoms with E-state index in [9.17, 15) is 0 Å². The molecule has 0 bridgehead atoms. The van der Waals surface area contributed by atoms with Crippen LogP contribution in [-0.2, 0) is 0 Å². The van der Waals surface area contributed by atoms with Crippen LogP contribution in [0, 0.1) is 0 Å². The van der Waals surface area contributed by atoms with Crippen LogP contribution in [0.15, 0.2) is 34.5 Å². The summed E-state index contributed by atoms with van der Waals surface area (Å²) < 4.78 is 5.26. The molecule has 3 nitrogen and oxygen atoms in total. The Balaban J connectivity index is 2.32. The highest BCUT2D eigenvalue weighted by molar-refractivity contribution is 5.36. The molecule has 13 heavy (non-hydrogen) atoms. The number of hydrogen-bond acceptors (Lipinski definition) is 3. The molecule has 68 valence electrons. The van der Waals surface area contributed by atoms with Crippen molar-refractivity contribution in [2.45, 2.75) is 12.5 Å². The molecular weight excluding hydrogens is 164 g/mol. The molecule has 1 heterocycles. The van der Waals surface area contributed by atoms with Gasteiger partial charge in [0, 0.05) is 5.56 Å². The third kappa shape index (κ3) is 1.54. The van der Waals surface area contributed by atoms with Crippen LogP contribution in [-0.4, -0.2) is 13.7 Å². The second-order valence-corrected chi connectivity index (χ2v) is 3.03. The lowest BCUT2D eigenvalue weighted by Gasteiger charge is -2.10. The third-order valence-corrected chi connectivity index (χ3v) is 2.22. The molecule has 1 aliphatic heterocycles. The Morgan fingerprint density at radius 3 is 2.92 bits per heavy atom. The molecule has 0 aliphatic carbocycles. The van der Waals surface area contributed by atoms with Crippen molar-refractivity contribution in [1.82, 2.24) is 0 Å². The van der Waals surface area contributed by atoms with Gasteiger partial charge in [-0.2, -0.15) is 10.2 Å². The van der Waals surface area contributed by atoms with Gasteiger partial charge in [0.2, 0.25) is 0 Å². The average Bonchev–Trinajstić information content (AvgIpc) is 2.70. The summed E-state index contributed by atoms with van der Waals surface area (Å²) in [5, 5.41) is 8.15. The molecule has 0 amide bonds. The molecule has 0 saturated carbocycles. The van der Waals surface area contributed by atoms with Crippen LogP contribution in [0.3, 0.4) is 0 Å². The number of benzene rings is 1. The van der Waals surface area contributed by atoms with Gasteiger partial charge in [0.1, 0.15) is 11.8 Å². The van der Waals surface area contributed by atoms with Gasteiger partial charge in [-0.15, -0.1) is 0 Å². The highest BCUT2D eigenvalue weighted by atomic mass is 16.5. The van der Waals surface area contributed by atoms with E-state index >= 15 is 0 Å². The van der Waals surface area contributed by atoms with E-state index in [1.807, 2.05) is 24.3 Å². The summed E-state index contributed by atoms with van der Waals surface area (Å²) in [7, 11) is 1.69. The van der Waals surface area contributed by atoms with Gasteiger partial charge in [-0.3, -0.25) is 0 Å². The van der Waals surface area contributed by atoms with E-state index in [1.165, 1.54) is 0 Å². The minimum Gasteiger partial charge on any atom is -0.496 e. The largest absolute Gasteiger partial charge is 0.496 e. The van der Waals surface area contributed by atoms with E-state index in [1.54, 1.807) is 7.11 Å². The summed E-state index contributed by atoms with van der Waals surface area (Å²) in [4.78, 5) is 0. The Labute approximate surface area is 77.4 Å². The Morgan fingerprint density at radius 1 is 1.38 bits per heavy atom. The van der Waals surface area contributed by atoms with Crippen LogP contribution in [0.5, 0.6) is 5.75 Å². The van der Waals surface area contributed by atoms with Crippen molar-refractivity contribution in [2.24, 2.45) is 10.2 Å². The number of azo groups is 1. The first-order chi connectivity index (χ1) is 6.42. The van der Waals surface area contributed by atoms with Gasteiger partial charge in [0.05, 0.1) is 13.7 Å². The minimum atomic E-state index is 0.205. The summed E-state index contributed by atoms with van der Waals surface area (Å²) in [5.74, 6) is 0.911. The van der Waals surface area contributed by atoms with Gasteiger partial charge < -0.3 is 4.74 Å². The van der Waals surface area contributed by atoms with E-state index in [-0.39, 0.29) is 6.04 Å². The maximum atomic E-state index is 5.26. The van der Waals surface area contributed by atoms with Crippen molar-refractivity contribution >= 4 is 0 Å². The number of rotatable bonds is 2. The quantitative estimate of drug-likeness (QED) is 0.681. The van der Waals surface area contributed by atoms with Crippen molar-refractivity contribution in [3.8, 4) is 5.75 Å². The lowest BCUT2D eigenvalue weighted by molar-refractivity contribution is 0.406. The fourth-order valence-corrected chi connectivity index (χ4v) is 1.55. The fourth-order valence-electron chi connectivity index (χ4n) is 1.55. The van der Waals surface area contributed by atoms with Gasteiger partial charge in [0.25, 0.3) is 0 Å². The summed E-state index contributed by atoms with van der Waals surface area (Å²) in [5.41, 5.74) is 1.14. The molecule has 0 radical (unpaired) electrons. The lowest BCUT2D eigenvalue weighted by Crippen LogP contribution is -1.96. The predicted octanol–water partition coefficient (Wildman–Crippen LogP) is 2.59. The predicted molar refractivity (Wildman–Crippen MR) is 50.1 cm³/mol. The van der Waals surface area contributed by atoms with E-state index in [0.29, 0.717) is 0 Å². The fraction of sp³-hybridized carbons (Fsp3) is 0.400. The van der Waals surface area contributed by atoms with Crippen LogP contribution in [0.2, 0.25) is 0 Å². The summed E-state index contributed by atoms with van der Waals surface area (Å²) in [6, 6.07) is 8.19. The van der Waals surface area contributed by atoms with Crippen LogP contribution in [0.25, 0.3) is 0 Å². The first kappa shape index (κ1) is 8.23. The number of ether oxygens (including phenoxy) is 1. The molecule has 0 saturated heterocycles. The number of nitrogens with zero attached hydrogens (tertiary/aromatic N) is 2. The molecular formula is C10H12N2O. The molecule has 2 rings (SSSR count). The Bertz CT molecular complexity index is 322. The van der Waals surface area contributed by atoms with Crippen LogP contribution >= 0.6 is 0 Å². The van der Waals surface area contributed by atoms with Gasteiger partial charge >= 0.3 is 0 Å². The Kier molecular flexibility index (Phi) is 2.25. The minimum absolute atomic E-state index is 0.205. The maximum absolute atomic E-state index is 5.26. The van der Waals surface area contributed by atoms with E-state index in [2.05, 4.69) is 10.2 Å². The summed E-state index contributed by atoms with van der Waals surface area (Å²) in [6.07, 6.45) is 1.00. The van der Waals surface area contributed by atoms with E-state index < -0.39 is 0 Å². The zero-order valence-electron chi connectivity index (χ0n) is 7.60. The standard InChI is InChI=1S/C10H12N2O/c1-13-10-5-3-2-4-8(10)9-6-7-11-12-9/h2-5,9H,6-7H2,1H3. The summed E-state index contributed by atoms with van der Waals surface area (Å²) in [6.45, 7) is 0.836. The SMILES string of the molecule is COc1ccccc1C1CCN=N1. The van der Waals surface area contributed by atoms with Gasteiger partial charge in [0.15, 0.2) is 0 Å². The van der Waals surface area contributed by atoms with Crippen molar-refractivity contribution in [2.75, 3.05) is 13.7 Å².